The molecular weight excluding hydrogens is 268 g/mol. The second-order valence-electron chi connectivity index (χ2n) is 4.73. The van der Waals surface area contributed by atoms with Crippen molar-refractivity contribution in [3.8, 4) is 0 Å². The highest BCUT2D eigenvalue weighted by molar-refractivity contribution is 7.89. The number of rotatable bonds is 7. The molecule has 0 spiro atoms. The van der Waals surface area contributed by atoms with Crippen molar-refractivity contribution in [2.24, 2.45) is 0 Å². The standard InChI is InChI=1S/C12H24N2O4S/c1-3-9-14(11-4-7-13-8-5-11)19(16,17)10-6-12(15)18-2/h11,13H,3-10H2,1-2H3. The fourth-order valence-corrected chi connectivity index (χ4v) is 4.08. The Morgan fingerprint density at radius 3 is 2.53 bits per heavy atom. The molecule has 1 saturated heterocycles. The van der Waals surface area contributed by atoms with Gasteiger partial charge in [-0.15, -0.1) is 0 Å². The number of carbonyl (C=O) groups is 1. The van der Waals surface area contributed by atoms with Crippen LogP contribution in [0.4, 0.5) is 0 Å². The smallest absolute Gasteiger partial charge is 0.306 e. The molecule has 7 heteroatoms. The number of piperidine rings is 1. The Morgan fingerprint density at radius 2 is 2.00 bits per heavy atom. The van der Waals surface area contributed by atoms with Crippen molar-refractivity contribution in [1.82, 2.24) is 9.62 Å². The fraction of sp³-hybridized carbons (Fsp3) is 0.917. The van der Waals surface area contributed by atoms with Gasteiger partial charge in [-0.1, -0.05) is 6.92 Å². The summed E-state index contributed by atoms with van der Waals surface area (Å²) in [7, 11) is -2.12. The van der Waals surface area contributed by atoms with Gasteiger partial charge in [0.25, 0.3) is 0 Å². The number of methoxy groups -OCH3 is 1. The van der Waals surface area contributed by atoms with E-state index in [2.05, 4.69) is 10.1 Å². The van der Waals surface area contributed by atoms with Crippen LogP contribution >= 0.6 is 0 Å². The summed E-state index contributed by atoms with van der Waals surface area (Å²) in [6, 6.07) is 0.0591. The third-order valence-electron chi connectivity index (χ3n) is 3.31. The first-order valence-corrected chi connectivity index (χ1v) is 8.39. The summed E-state index contributed by atoms with van der Waals surface area (Å²) < 4.78 is 30.8. The summed E-state index contributed by atoms with van der Waals surface area (Å²) in [5.74, 6) is -0.644. The monoisotopic (exact) mass is 292 g/mol. The second kappa shape index (κ2) is 7.81. The molecule has 1 aliphatic rings. The molecule has 0 bridgehead atoms. The van der Waals surface area contributed by atoms with Crippen molar-refractivity contribution in [3.05, 3.63) is 0 Å². The normalized spacial score (nSPS) is 17.6. The van der Waals surface area contributed by atoms with Crippen LogP contribution in [-0.2, 0) is 19.6 Å². The summed E-state index contributed by atoms with van der Waals surface area (Å²) >= 11 is 0. The molecule has 0 saturated carbocycles. The zero-order chi connectivity index (χ0) is 14.3. The maximum Gasteiger partial charge on any atom is 0.306 e. The molecule has 0 aliphatic carbocycles. The quantitative estimate of drug-likeness (QED) is 0.685. The van der Waals surface area contributed by atoms with Crippen LogP contribution in [0, 0.1) is 0 Å². The minimum Gasteiger partial charge on any atom is -0.469 e. The van der Waals surface area contributed by atoms with E-state index >= 15 is 0 Å². The van der Waals surface area contributed by atoms with Crippen LogP contribution < -0.4 is 5.32 Å². The van der Waals surface area contributed by atoms with Crippen molar-refractivity contribution >= 4 is 16.0 Å². The first kappa shape index (κ1) is 16.4. The Hall–Kier alpha value is -0.660. The lowest BCUT2D eigenvalue weighted by atomic mass is 10.1. The third-order valence-corrected chi connectivity index (χ3v) is 5.22. The zero-order valence-corrected chi connectivity index (χ0v) is 12.5. The van der Waals surface area contributed by atoms with Crippen molar-refractivity contribution in [2.45, 2.75) is 38.6 Å². The molecular formula is C12H24N2O4S. The molecule has 0 amide bonds. The molecule has 0 unspecified atom stereocenters. The van der Waals surface area contributed by atoms with E-state index in [0.29, 0.717) is 6.54 Å². The number of hydrogen-bond acceptors (Lipinski definition) is 5. The molecule has 0 radical (unpaired) electrons. The number of ether oxygens (including phenoxy) is 1. The SMILES string of the molecule is CCCN(C1CCNCC1)S(=O)(=O)CCC(=O)OC. The van der Waals surface area contributed by atoms with Crippen molar-refractivity contribution in [1.29, 1.82) is 0 Å². The molecule has 19 heavy (non-hydrogen) atoms. The number of nitrogens with one attached hydrogen (secondary N) is 1. The highest BCUT2D eigenvalue weighted by Crippen LogP contribution is 2.17. The summed E-state index contributed by atoms with van der Waals surface area (Å²) in [6.45, 7) is 4.17. The van der Waals surface area contributed by atoms with Gasteiger partial charge in [0, 0.05) is 12.6 Å². The minimum absolute atomic E-state index is 0.0591. The minimum atomic E-state index is -3.38. The molecule has 1 heterocycles. The van der Waals surface area contributed by atoms with Crippen LogP contribution in [0.3, 0.4) is 0 Å². The summed E-state index contributed by atoms with van der Waals surface area (Å²) in [4.78, 5) is 11.1. The predicted molar refractivity (Wildman–Crippen MR) is 73.3 cm³/mol. The highest BCUT2D eigenvalue weighted by atomic mass is 32.2. The van der Waals surface area contributed by atoms with Gasteiger partial charge in [-0.25, -0.2) is 8.42 Å². The average molecular weight is 292 g/mol. The molecule has 1 N–H and O–H groups in total. The van der Waals surface area contributed by atoms with Crippen LogP contribution in [0.5, 0.6) is 0 Å². The molecule has 1 fully saturated rings. The van der Waals surface area contributed by atoms with E-state index in [1.807, 2.05) is 6.92 Å². The maximum atomic E-state index is 12.3. The van der Waals surface area contributed by atoms with Gasteiger partial charge in [0.1, 0.15) is 0 Å². The van der Waals surface area contributed by atoms with Gasteiger partial charge in [0.15, 0.2) is 0 Å². The number of carbonyl (C=O) groups excluding carboxylic acids is 1. The molecule has 0 aromatic rings. The third kappa shape index (κ3) is 5.08. The van der Waals surface area contributed by atoms with E-state index in [1.165, 1.54) is 7.11 Å². The lowest BCUT2D eigenvalue weighted by molar-refractivity contribution is -0.140. The molecule has 0 aromatic carbocycles. The van der Waals surface area contributed by atoms with E-state index in [9.17, 15) is 13.2 Å². The van der Waals surface area contributed by atoms with Crippen LogP contribution in [0.25, 0.3) is 0 Å². The van der Waals surface area contributed by atoms with Gasteiger partial charge in [-0.2, -0.15) is 4.31 Å². The van der Waals surface area contributed by atoms with E-state index in [0.717, 1.165) is 32.4 Å². The molecule has 0 atom stereocenters. The van der Waals surface area contributed by atoms with Gasteiger partial charge in [0.05, 0.1) is 19.3 Å². The summed E-state index contributed by atoms with van der Waals surface area (Å²) in [5, 5.41) is 3.23. The van der Waals surface area contributed by atoms with Gasteiger partial charge in [0.2, 0.25) is 10.0 Å². The number of nitrogens with zero attached hydrogens (tertiary/aromatic N) is 1. The topological polar surface area (TPSA) is 75.7 Å². The fourth-order valence-electron chi connectivity index (χ4n) is 2.30. The summed E-state index contributed by atoms with van der Waals surface area (Å²) in [6.07, 6.45) is 2.36. The van der Waals surface area contributed by atoms with Crippen molar-refractivity contribution in [2.75, 3.05) is 32.5 Å². The Kier molecular flexibility index (Phi) is 6.74. The van der Waals surface area contributed by atoms with E-state index in [4.69, 9.17) is 0 Å². The Labute approximate surface area is 115 Å². The number of esters is 1. The largest absolute Gasteiger partial charge is 0.469 e. The van der Waals surface area contributed by atoms with Gasteiger partial charge < -0.3 is 10.1 Å². The van der Waals surface area contributed by atoms with Gasteiger partial charge in [-0.05, 0) is 32.4 Å². The highest BCUT2D eigenvalue weighted by Gasteiger charge is 2.30. The van der Waals surface area contributed by atoms with E-state index < -0.39 is 16.0 Å². The van der Waals surface area contributed by atoms with E-state index in [-0.39, 0.29) is 18.2 Å². The van der Waals surface area contributed by atoms with Crippen LogP contribution in [0.2, 0.25) is 0 Å². The van der Waals surface area contributed by atoms with Crippen LogP contribution in [0.1, 0.15) is 32.6 Å². The van der Waals surface area contributed by atoms with Crippen LogP contribution in [-0.4, -0.2) is 57.2 Å². The van der Waals surface area contributed by atoms with Gasteiger partial charge in [-0.3, -0.25) is 4.79 Å². The molecule has 0 aromatic heterocycles. The number of hydrogen-bond donors (Lipinski definition) is 1. The summed E-state index contributed by atoms with van der Waals surface area (Å²) in [5.41, 5.74) is 0. The lowest BCUT2D eigenvalue weighted by Crippen LogP contribution is -2.47. The lowest BCUT2D eigenvalue weighted by Gasteiger charge is -2.33. The first-order chi connectivity index (χ1) is 9.01. The predicted octanol–water partition coefficient (Wildman–Crippen LogP) is 0.343. The van der Waals surface area contributed by atoms with Gasteiger partial charge >= 0.3 is 5.97 Å². The Bertz CT molecular complexity index is 377. The first-order valence-electron chi connectivity index (χ1n) is 6.78. The molecule has 6 nitrogen and oxygen atoms in total. The molecule has 1 aliphatic heterocycles. The maximum absolute atomic E-state index is 12.3. The molecule has 112 valence electrons. The Morgan fingerprint density at radius 1 is 1.37 bits per heavy atom. The Balaban J connectivity index is 2.69. The van der Waals surface area contributed by atoms with E-state index in [1.54, 1.807) is 4.31 Å². The second-order valence-corrected chi connectivity index (χ2v) is 6.78. The zero-order valence-electron chi connectivity index (χ0n) is 11.7. The van der Waals surface area contributed by atoms with Crippen molar-refractivity contribution in [3.63, 3.8) is 0 Å². The average Bonchev–Trinajstić information content (AvgIpc) is 2.43. The van der Waals surface area contributed by atoms with Crippen LogP contribution in [0.15, 0.2) is 0 Å². The van der Waals surface area contributed by atoms with Crippen molar-refractivity contribution < 1.29 is 17.9 Å². The number of sulfonamides is 1. The molecule has 1 rings (SSSR count).